The van der Waals surface area contributed by atoms with Crippen molar-refractivity contribution < 1.29 is 17.9 Å². The fraction of sp³-hybridized carbons (Fsp3) is 0.154. The molecule has 0 bridgehead atoms. The third kappa shape index (κ3) is 3.58. The number of aliphatic hydroxyl groups excluding tert-OH is 1. The van der Waals surface area contributed by atoms with Gasteiger partial charge in [0.2, 0.25) is 0 Å². The molecule has 0 fully saturated rings. The van der Waals surface area contributed by atoms with Crippen LogP contribution in [0, 0.1) is 12.7 Å². The highest BCUT2D eigenvalue weighted by atomic mass is 79.9. The van der Waals surface area contributed by atoms with Crippen molar-refractivity contribution in [2.24, 2.45) is 0 Å². The number of hydrogen-bond donors (Lipinski definition) is 2. The molecule has 8 heteroatoms. The van der Waals surface area contributed by atoms with Gasteiger partial charge in [0, 0.05) is 10.0 Å². The summed E-state index contributed by atoms with van der Waals surface area (Å²) in [6.45, 7) is 1.15. The van der Waals surface area contributed by atoms with Crippen molar-refractivity contribution in [2.45, 2.75) is 18.4 Å². The average Bonchev–Trinajstić information content (AvgIpc) is 2.43. The minimum absolute atomic E-state index is 0.0854. The molecule has 1 heterocycles. The Morgan fingerprint density at radius 3 is 2.67 bits per heavy atom. The maximum absolute atomic E-state index is 13.3. The van der Waals surface area contributed by atoms with Gasteiger partial charge in [0.1, 0.15) is 11.6 Å². The lowest BCUT2D eigenvalue weighted by Gasteiger charge is -2.09. The van der Waals surface area contributed by atoms with Crippen LogP contribution in [0.1, 0.15) is 11.3 Å². The second kappa shape index (κ2) is 6.08. The second-order valence-corrected chi connectivity index (χ2v) is 6.82. The van der Waals surface area contributed by atoms with Crippen LogP contribution >= 0.6 is 15.9 Å². The first-order valence-electron chi connectivity index (χ1n) is 5.89. The van der Waals surface area contributed by atoms with E-state index in [0.29, 0.717) is 5.69 Å². The molecular formula is C13H12BrFN2O3S. The molecule has 2 rings (SSSR count). The fourth-order valence-corrected chi connectivity index (χ4v) is 2.91. The standard InChI is InChI=1S/C13H12BrFN2O3S/c1-8-11(14)3-5-13(16-8)17-21(19,20)10-2-4-12(15)9(6-10)7-18/h2-6,18H,7H2,1H3,(H,16,17). The van der Waals surface area contributed by atoms with Gasteiger partial charge in [-0.3, -0.25) is 4.72 Å². The molecule has 5 nitrogen and oxygen atoms in total. The smallest absolute Gasteiger partial charge is 0.263 e. The molecule has 2 aromatic rings. The Bertz CT molecular complexity index is 781. The monoisotopic (exact) mass is 374 g/mol. The maximum atomic E-state index is 13.3. The zero-order valence-corrected chi connectivity index (χ0v) is 13.4. The lowest BCUT2D eigenvalue weighted by atomic mass is 10.2. The van der Waals surface area contributed by atoms with Crippen LogP contribution in [-0.4, -0.2) is 18.5 Å². The number of benzene rings is 1. The molecular weight excluding hydrogens is 363 g/mol. The number of hydrogen-bond acceptors (Lipinski definition) is 4. The number of anilines is 1. The maximum Gasteiger partial charge on any atom is 0.263 e. The average molecular weight is 375 g/mol. The summed E-state index contributed by atoms with van der Waals surface area (Å²) < 4.78 is 40.8. The van der Waals surface area contributed by atoms with E-state index in [1.54, 1.807) is 13.0 Å². The number of aromatic nitrogens is 1. The summed E-state index contributed by atoms with van der Waals surface area (Å²) in [4.78, 5) is 3.94. The second-order valence-electron chi connectivity index (χ2n) is 4.28. The number of nitrogens with one attached hydrogen (secondary N) is 1. The molecule has 0 atom stereocenters. The molecule has 0 saturated heterocycles. The zero-order chi connectivity index (χ0) is 15.6. The van der Waals surface area contributed by atoms with Gasteiger partial charge in [0.15, 0.2) is 0 Å². The molecule has 0 amide bonds. The highest BCUT2D eigenvalue weighted by Crippen LogP contribution is 2.20. The van der Waals surface area contributed by atoms with E-state index in [1.165, 1.54) is 6.07 Å². The van der Waals surface area contributed by atoms with Crippen molar-refractivity contribution in [1.29, 1.82) is 0 Å². The molecule has 112 valence electrons. The van der Waals surface area contributed by atoms with E-state index in [1.807, 2.05) is 0 Å². The largest absolute Gasteiger partial charge is 0.392 e. The molecule has 0 aliphatic heterocycles. The Labute approximate surface area is 130 Å². The van der Waals surface area contributed by atoms with E-state index >= 15 is 0 Å². The summed E-state index contributed by atoms with van der Waals surface area (Å²) in [6, 6.07) is 6.39. The van der Waals surface area contributed by atoms with E-state index in [2.05, 4.69) is 25.6 Å². The number of halogens is 2. The van der Waals surface area contributed by atoms with Crippen molar-refractivity contribution in [3.63, 3.8) is 0 Å². The topological polar surface area (TPSA) is 79.3 Å². The van der Waals surface area contributed by atoms with Crippen molar-refractivity contribution in [3.05, 3.63) is 51.9 Å². The molecule has 0 spiro atoms. The molecule has 0 unspecified atom stereocenters. The summed E-state index contributed by atoms with van der Waals surface area (Å²) in [5.74, 6) is -0.500. The number of aliphatic hydroxyl groups is 1. The Kier molecular flexibility index (Phi) is 4.60. The third-order valence-electron chi connectivity index (χ3n) is 2.76. The summed E-state index contributed by atoms with van der Waals surface area (Å²) in [5, 5.41) is 8.99. The quantitative estimate of drug-likeness (QED) is 0.861. The van der Waals surface area contributed by atoms with Crippen molar-refractivity contribution in [3.8, 4) is 0 Å². The van der Waals surface area contributed by atoms with E-state index in [0.717, 1.165) is 22.7 Å². The molecule has 2 N–H and O–H groups in total. The van der Waals surface area contributed by atoms with E-state index < -0.39 is 22.4 Å². The first kappa shape index (κ1) is 15.9. The third-order valence-corrected chi connectivity index (χ3v) is 4.95. The predicted molar refractivity (Wildman–Crippen MR) is 79.8 cm³/mol. The predicted octanol–water partition coefficient (Wildman–Crippen LogP) is 2.58. The van der Waals surface area contributed by atoms with Gasteiger partial charge in [-0.05, 0) is 53.2 Å². The van der Waals surface area contributed by atoms with Crippen molar-refractivity contribution in [1.82, 2.24) is 4.98 Å². The summed E-state index contributed by atoms with van der Waals surface area (Å²) in [6.07, 6.45) is 0. The Hall–Kier alpha value is -1.51. The number of sulfonamides is 1. The minimum atomic E-state index is -3.90. The molecule has 21 heavy (non-hydrogen) atoms. The first-order chi connectivity index (χ1) is 9.83. The van der Waals surface area contributed by atoms with Crippen LogP contribution in [0.3, 0.4) is 0 Å². The van der Waals surface area contributed by atoms with Crippen LogP contribution in [0.25, 0.3) is 0 Å². The summed E-state index contributed by atoms with van der Waals surface area (Å²) >= 11 is 3.27. The molecule has 0 radical (unpaired) electrons. The normalized spacial score (nSPS) is 11.4. The van der Waals surface area contributed by atoms with Crippen molar-refractivity contribution >= 4 is 31.8 Å². The van der Waals surface area contributed by atoms with Gasteiger partial charge in [0.05, 0.1) is 17.2 Å². The van der Waals surface area contributed by atoms with Gasteiger partial charge >= 0.3 is 0 Å². The lowest BCUT2D eigenvalue weighted by Crippen LogP contribution is -2.14. The molecule has 0 aliphatic rings. The molecule has 0 aliphatic carbocycles. The van der Waals surface area contributed by atoms with Gasteiger partial charge < -0.3 is 5.11 Å². The van der Waals surface area contributed by atoms with Gasteiger partial charge in [0.25, 0.3) is 10.0 Å². The van der Waals surface area contributed by atoms with Gasteiger partial charge in [-0.15, -0.1) is 0 Å². The number of aryl methyl sites for hydroxylation is 1. The van der Waals surface area contributed by atoms with Crippen LogP contribution in [0.4, 0.5) is 10.2 Å². The fourth-order valence-electron chi connectivity index (χ4n) is 1.64. The van der Waals surface area contributed by atoms with Crippen molar-refractivity contribution in [2.75, 3.05) is 4.72 Å². The van der Waals surface area contributed by atoms with Crippen LogP contribution in [0.15, 0.2) is 39.7 Å². The number of pyridine rings is 1. The van der Waals surface area contributed by atoms with Gasteiger partial charge in [-0.25, -0.2) is 17.8 Å². The Morgan fingerprint density at radius 2 is 2.05 bits per heavy atom. The molecule has 0 saturated carbocycles. The first-order valence-corrected chi connectivity index (χ1v) is 8.16. The van der Waals surface area contributed by atoms with Crippen LogP contribution in [0.5, 0.6) is 0 Å². The van der Waals surface area contributed by atoms with Gasteiger partial charge in [-0.1, -0.05) is 0 Å². The number of rotatable bonds is 4. The zero-order valence-electron chi connectivity index (χ0n) is 11.0. The summed E-state index contributed by atoms with van der Waals surface area (Å²) in [5.41, 5.74) is 0.545. The highest BCUT2D eigenvalue weighted by Gasteiger charge is 2.17. The number of nitrogens with zero attached hydrogens (tertiary/aromatic N) is 1. The minimum Gasteiger partial charge on any atom is -0.392 e. The molecule has 1 aromatic carbocycles. The Balaban J connectivity index is 2.35. The molecule has 1 aromatic heterocycles. The van der Waals surface area contributed by atoms with Crippen LogP contribution < -0.4 is 4.72 Å². The highest BCUT2D eigenvalue weighted by molar-refractivity contribution is 9.10. The van der Waals surface area contributed by atoms with E-state index in [-0.39, 0.29) is 16.3 Å². The summed E-state index contributed by atoms with van der Waals surface area (Å²) in [7, 11) is -3.90. The van der Waals surface area contributed by atoms with E-state index in [9.17, 15) is 12.8 Å². The van der Waals surface area contributed by atoms with Crippen LogP contribution in [-0.2, 0) is 16.6 Å². The van der Waals surface area contributed by atoms with Gasteiger partial charge in [-0.2, -0.15) is 0 Å². The van der Waals surface area contributed by atoms with E-state index in [4.69, 9.17) is 5.11 Å². The van der Waals surface area contributed by atoms with Crippen LogP contribution in [0.2, 0.25) is 0 Å². The lowest BCUT2D eigenvalue weighted by molar-refractivity contribution is 0.275. The Morgan fingerprint density at radius 1 is 1.33 bits per heavy atom. The SMILES string of the molecule is Cc1nc(NS(=O)(=O)c2ccc(F)c(CO)c2)ccc1Br.